The predicted molar refractivity (Wildman–Crippen MR) is 71.3 cm³/mol. The number of ether oxygens (including phenoxy) is 1. The van der Waals surface area contributed by atoms with Crippen LogP contribution >= 0.6 is 0 Å². The number of hydrogen-bond acceptors (Lipinski definition) is 4. The van der Waals surface area contributed by atoms with Gasteiger partial charge in [0.15, 0.2) is 0 Å². The van der Waals surface area contributed by atoms with Gasteiger partial charge < -0.3 is 20.5 Å². The van der Waals surface area contributed by atoms with Gasteiger partial charge in [-0.2, -0.15) is 0 Å². The van der Waals surface area contributed by atoms with E-state index in [1.807, 2.05) is 6.92 Å². The molecule has 0 saturated carbocycles. The summed E-state index contributed by atoms with van der Waals surface area (Å²) < 4.78 is 5.37. The number of carbonyl (C=O) groups excluding carboxylic acids is 2. The maximum atomic E-state index is 11.7. The highest BCUT2D eigenvalue weighted by Gasteiger charge is 2.11. The van der Waals surface area contributed by atoms with E-state index in [1.54, 1.807) is 18.2 Å². The molecule has 3 N–H and O–H groups in total. The summed E-state index contributed by atoms with van der Waals surface area (Å²) in [4.78, 5) is 22.9. The first-order chi connectivity index (χ1) is 9.08. The van der Waals surface area contributed by atoms with Gasteiger partial charge in [-0.3, -0.25) is 9.59 Å². The van der Waals surface area contributed by atoms with Crippen molar-refractivity contribution in [3.63, 3.8) is 0 Å². The summed E-state index contributed by atoms with van der Waals surface area (Å²) in [5, 5.41) is 13.8. The van der Waals surface area contributed by atoms with Crippen LogP contribution in [-0.4, -0.2) is 36.7 Å². The largest absolute Gasteiger partial charge is 0.492 e. The highest BCUT2D eigenvalue weighted by molar-refractivity contribution is 5.97. The molecule has 19 heavy (non-hydrogen) atoms. The Balaban J connectivity index is 2.96. The molecule has 0 aromatic heterocycles. The summed E-state index contributed by atoms with van der Waals surface area (Å²) in [6.07, 6.45) is 0. The number of aliphatic hydroxyl groups excluding tert-OH is 1. The second-order valence-electron chi connectivity index (χ2n) is 3.80. The lowest BCUT2D eigenvalue weighted by molar-refractivity contribution is -0.114. The lowest BCUT2D eigenvalue weighted by atomic mass is 10.1. The van der Waals surface area contributed by atoms with E-state index in [2.05, 4.69) is 10.6 Å². The zero-order valence-corrected chi connectivity index (χ0v) is 11.0. The monoisotopic (exact) mass is 266 g/mol. The number of rotatable bonds is 6. The fourth-order valence-electron chi connectivity index (χ4n) is 1.51. The smallest absolute Gasteiger partial charge is 0.251 e. The number of carbonyl (C=O) groups is 2. The SMILES string of the molecule is CCOc1ccc(C(=O)NCCO)cc1NC(C)=O. The van der Waals surface area contributed by atoms with Crippen LogP contribution in [0, 0.1) is 0 Å². The van der Waals surface area contributed by atoms with E-state index < -0.39 is 0 Å². The number of nitrogens with one attached hydrogen (secondary N) is 2. The molecule has 0 spiro atoms. The molecule has 104 valence electrons. The van der Waals surface area contributed by atoms with Crippen LogP contribution in [0.15, 0.2) is 18.2 Å². The molecule has 1 aromatic carbocycles. The van der Waals surface area contributed by atoms with Gasteiger partial charge in [-0.1, -0.05) is 0 Å². The molecule has 0 fully saturated rings. The molecule has 0 aliphatic carbocycles. The quantitative estimate of drug-likeness (QED) is 0.709. The molecule has 6 nitrogen and oxygen atoms in total. The van der Waals surface area contributed by atoms with Crippen molar-refractivity contribution >= 4 is 17.5 Å². The van der Waals surface area contributed by atoms with Gasteiger partial charge >= 0.3 is 0 Å². The Kier molecular flexibility index (Phi) is 5.81. The number of aliphatic hydroxyl groups is 1. The molecular formula is C13H18N2O4. The second kappa shape index (κ2) is 7.38. The Bertz CT molecular complexity index is 460. The van der Waals surface area contributed by atoms with E-state index >= 15 is 0 Å². The second-order valence-corrected chi connectivity index (χ2v) is 3.80. The van der Waals surface area contributed by atoms with Crippen LogP contribution in [0.4, 0.5) is 5.69 Å². The Morgan fingerprint density at radius 3 is 2.68 bits per heavy atom. The normalized spacial score (nSPS) is 9.84. The van der Waals surface area contributed by atoms with Crippen LogP contribution in [0.5, 0.6) is 5.75 Å². The molecule has 0 aliphatic heterocycles. The molecule has 0 bridgehead atoms. The van der Waals surface area contributed by atoms with Gasteiger partial charge in [0.2, 0.25) is 5.91 Å². The van der Waals surface area contributed by atoms with Gasteiger partial charge in [-0.25, -0.2) is 0 Å². The van der Waals surface area contributed by atoms with Crippen molar-refractivity contribution in [3.05, 3.63) is 23.8 Å². The molecule has 2 amide bonds. The molecule has 0 radical (unpaired) electrons. The van der Waals surface area contributed by atoms with Gasteiger partial charge in [0.1, 0.15) is 5.75 Å². The lowest BCUT2D eigenvalue weighted by Crippen LogP contribution is -2.26. The molecule has 1 aromatic rings. The minimum Gasteiger partial charge on any atom is -0.492 e. The average molecular weight is 266 g/mol. The zero-order valence-electron chi connectivity index (χ0n) is 11.0. The van der Waals surface area contributed by atoms with Crippen molar-refractivity contribution in [1.82, 2.24) is 5.32 Å². The molecule has 0 heterocycles. The molecule has 1 rings (SSSR count). The summed E-state index contributed by atoms with van der Waals surface area (Å²) >= 11 is 0. The van der Waals surface area contributed by atoms with Gasteiger partial charge in [0, 0.05) is 19.0 Å². The van der Waals surface area contributed by atoms with E-state index in [0.29, 0.717) is 23.6 Å². The van der Waals surface area contributed by atoms with Crippen molar-refractivity contribution in [2.75, 3.05) is 25.1 Å². The highest BCUT2D eigenvalue weighted by atomic mass is 16.5. The summed E-state index contributed by atoms with van der Waals surface area (Å²) in [5.74, 6) is -0.0472. The van der Waals surface area contributed by atoms with Gasteiger partial charge in [0.05, 0.1) is 18.9 Å². The molecule has 0 atom stereocenters. The van der Waals surface area contributed by atoms with E-state index in [0.717, 1.165) is 0 Å². The molecule has 0 saturated heterocycles. The average Bonchev–Trinajstić information content (AvgIpc) is 2.37. The standard InChI is InChI=1S/C13H18N2O4/c1-3-19-12-5-4-10(13(18)14-6-7-16)8-11(12)15-9(2)17/h4-5,8,16H,3,6-7H2,1-2H3,(H,14,18)(H,15,17). The summed E-state index contributed by atoms with van der Waals surface area (Å²) in [7, 11) is 0. The summed E-state index contributed by atoms with van der Waals surface area (Å²) in [6.45, 7) is 3.74. The van der Waals surface area contributed by atoms with E-state index in [-0.39, 0.29) is 25.0 Å². The number of anilines is 1. The lowest BCUT2D eigenvalue weighted by Gasteiger charge is -2.12. The third-order valence-corrected chi connectivity index (χ3v) is 2.25. The first kappa shape index (κ1) is 15.0. The maximum absolute atomic E-state index is 11.7. The van der Waals surface area contributed by atoms with Crippen LogP contribution in [0.25, 0.3) is 0 Å². The van der Waals surface area contributed by atoms with Crippen LogP contribution in [0.1, 0.15) is 24.2 Å². The third-order valence-electron chi connectivity index (χ3n) is 2.25. The maximum Gasteiger partial charge on any atom is 0.251 e. The Labute approximate surface area is 111 Å². The highest BCUT2D eigenvalue weighted by Crippen LogP contribution is 2.25. The van der Waals surface area contributed by atoms with Crippen molar-refractivity contribution in [1.29, 1.82) is 0 Å². The molecule has 0 unspecified atom stereocenters. The van der Waals surface area contributed by atoms with E-state index in [1.165, 1.54) is 6.92 Å². The van der Waals surface area contributed by atoms with Crippen LogP contribution in [0.3, 0.4) is 0 Å². The number of hydrogen-bond donors (Lipinski definition) is 3. The fourth-order valence-corrected chi connectivity index (χ4v) is 1.51. The number of amides is 2. The van der Waals surface area contributed by atoms with E-state index in [4.69, 9.17) is 9.84 Å². The van der Waals surface area contributed by atoms with E-state index in [9.17, 15) is 9.59 Å². The van der Waals surface area contributed by atoms with Gasteiger partial charge in [-0.05, 0) is 25.1 Å². The predicted octanol–water partition coefficient (Wildman–Crippen LogP) is 0.766. The van der Waals surface area contributed by atoms with Crippen LogP contribution in [-0.2, 0) is 4.79 Å². The zero-order chi connectivity index (χ0) is 14.3. The topological polar surface area (TPSA) is 87.7 Å². The Hall–Kier alpha value is -2.08. The molecular weight excluding hydrogens is 248 g/mol. The minimum absolute atomic E-state index is 0.124. The van der Waals surface area contributed by atoms with Crippen LogP contribution < -0.4 is 15.4 Å². The van der Waals surface area contributed by atoms with Gasteiger partial charge in [0.25, 0.3) is 5.91 Å². The van der Waals surface area contributed by atoms with Crippen molar-refractivity contribution in [2.45, 2.75) is 13.8 Å². The Morgan fingerprint density at radius 1 is 1.37 bits per heavy atom. The van der Waals surface area contributed by atoms with Crippen molar-refractivity contribution < 1.29 is 19.4 Å². The van der Waals surface area contributed by atoms with Gasteiger partial charge in [-0.15, -0.1) is 0 Å². The van der Waals surface area contributed by atoms with Crippen molar-refractivity contribution in [2.24, 2.45) is 0 Å². The summed E-state index contributed by atoms with van der Waals surface area (Å²) in [5.41, 5.74) is 0.839. The summed E-state index contributed by atoms with van der Waals surface area (Å²) in [6, 6.07) is 4.77. The first-order valence-electron chi connectivity index (χ1n) is 6.02. The van der Waals surface area contributed by atoms with Crippen molar-refractivity contribution in [3.8, 4) is 5.75 Å². The minimum atomic E-state index is -0.316. The third kappa shape index (κ3) is 4.59. The fraction of sp³-hybridized carbons (Fsp3) is 0.385. The molecule has 0 aliphatic rings. The Morgan fingerprint density at radius 2 is 2.11 bits per heavy atom. The molecule has 6 heteroatoms. The van der Waals surface area contributed by atoms with Crippen LogP contribution in [0.2, 0.25) is 0 Å². The number of benzene rings is 1. The first-order valence-corrected chi connectivity index (χ1v) is 6.02.